The van der Waals surface area contributed by atoms with Crippen LogP contribution < -0.4 is 0 Å². The van der Waals surface area contributed by atoms with Gasteiger partial charge in [-0.05, 0) is 18.6 Å². The Kier molecular flexibility index (Phi) is 1.27. The van der Waals surface area contributed by atoms with Crippen LogP contribution in [0.4, 0.5) is 0 Å². The van der Waals surface area contributed by atoms with E-state index in [9.17, 15) is 0 Å². The van der Waals surface area contributed by atoms with Gasteiger partial charge in [-0.1, -0.05) is 0 Å². The second kappa shape index (κ2) is 2.13. The summed E-state index contributed by atoms with van der Waals surface area (Å²) < 4.78 is 10.2. The van der Waals surface area contributed by atoms with Crippen molar-refractivity contribution in [1.29, 1.82) is 0 Å². The second-order valence-corrected chi connectivity index (χ2v) is 2.66. The summed E-state index contributed by atoms with van der Waals surface area (Å²) in [5.74, 6) is 1.02. The summed E-state index contributed by atoms with van der Waals surface area (Å²) in [6, 6.07) is 2.01. The standard InChI is InChI=1S/C8H10O2/c1-6-7(2-3-9-6)4-8-5-10-8/h2-3,8H,4-5H2,1H3. The lowest BCUT2D eigenvalue weighted by Crippen LogP contribution is -1.91. The highest BCUT2D eigenvalue weighted by atomic mass is 16.6. The summed E-state index contributed by atoms with van der Waals surface area (Å²) in [5, 5.41) is 0. The Morgan fingerprint density at radius 3 is 3.00 bits per heavy atom. The zero-order valence-corrected chi connectivity index (χ0v) is 5.96. The fourth-order valence-corrected chi connectivity index (χ4v) is 1.05. The largest absolute Gasteiger partial charge is 0.469 e. The molecule has 2 heteroatoms. The topological polar surface area (TPSA) is 25.7 Å². The molecule has 1 fully saturated rings. The fraction of sp³-hybridized carbons (Fsp3) is 0.500. The molecule has 0 aromatic carbocycles. The molecule has 1 unspecified atom stereocenters. The lowest BCUT2D eigenvalue weighted by atomic mass is 10.1. The molecule has 54 valence electrons. The number of furan rings is 1. The zero-order valence-electron chi connectivity index (χ0n) is 5.96. The molecule has 1 aliphatic heterocycles. The van der Waals surface area contributed by atoms with Crippen LogP contribution in [0.15, 0.2) is 16.7 Å². The van der Waals surface area contributed by atoms with E-state index in [1.165, 1.54) is 5.56 Å². The molecule has 1 saturated heterocycles. The Hall–Kier alpha value is -0.760. The Labute approximate surface area is 59.8 Å². The molecule has 0 bridgehead atoms. The lowest BCUT2D eigenvalue weighted by Gasteiger charge is -1.91. The van der Waals surface area contributed by atoms with Crippen molar-refractivity contribution in [2.45, 2.75) is 19.4 Å². The molecule has 1 aromatic rings. The predicted octanol–water partition coefficient (Wildman–Crippen LogP) is 1.53. The van der Waals surface area contributed by atoms with Crippen molar-refractivity contribution < 1.29 is 9.15 Å². The van der Waals surface area contributed by atoms with Crippen LogP contribution in [-0.4, -0.2) is 12.7 Å². The number of hydrogen-bond acceptors (Lipinski definition) is 2. The quantitative estimate of drug-likeness (QED) is 0.579. The molecule has 0 spiro atoms. The van der Waals surface area contributed by atoms with Crippen LogP contribution in [-0.2, 0) is 11.2 Å². The molecule has 2 nitrogen and oxygen atoms in total. The fourth-order valence-electron chi connectivity index (χ4n) is 1.05. The number of epoxide rings is 1. The average Bonchev–Trinajstić information content (AvgIpc) is 2.62. The number of ether oxygens (including phenoxy) is 1. The van der Waals surface area contributed by atoms with Crippen LogP contribution in [0, 0.1) is 6.92 Å². The first-order valence-corrected chi connectivity index (χ1v) is 3.51. The van der Waals surface area contributed by atoms with E-state index in [1.807, 2.05) is 13.0 Å². The number of hydrogen-bond donors (Lipinski definition) is 0. The summed E-state index contributed by atoms with van der Waals surface area (Å²) >= 11 is 0. The predicted molar refractivity (Wildman–Crippen MR) is 36.9 cm³/mol. The summed E-state index contributed by atoms with van der Waals surface area (Å²) in [7, 11) is 0. The molecule has 0 amide bonds. The van der Waals surface area contributed by atoms with Crippen LogP contribution in [0.25, 0.3) is 0 Å². The van der Waals surface area contributed by atoms with E-state index >= 15 is 0 Å². The Morgan fingerprint density at radius 2 is 2.50 bits per heavy atom. The van der Waals surface area contributed by atoms with Crippen molar-refractivity contribution in [3.63, 3.8) is 0 Å². The summed E-state index contributed by atoms with van der Waals surface area (Å²) in [5.41, 5.74) is 1.28. The van der Waals surface area contributed by atoms with Crippen LogP contribution in [0.2, 0.25) is 0 Å². The van der Waals surface area contributed by atoms with Gasteiger partial charge in [-0.25, -0.2) is 0 Å². The Bertz CT molecular complexity index is 223. The van der Waals surface area contributed by atoms with E-state index in [0.717, 1.165) is 18.8 Å². The molecule has 2 heterocycles. The molecule has 0 radical (unpaired) electrons. The second-order valence-electron chi connectivity index (χ2n) is 2.66. The first kappa shape index (κ1) is 5.98. The molecule has 0 saturated carbocycles. The smallest absolute Gasteiger partial charge is 0.103 e. The van der Waals surface area contributed by atoms with Crippen molar-refractivity contribution in [3.8, 4) is 0 Å². The SMILES string of the molecule is Cc1occc1CC1CO1. The van der Waals surface area contributed by atoms with Crippen LogP contribution >= 0.6 is 0 Å². The van der Waals surface area contributed by atoms with E-state index in [4.69, 9.17) is 9.15 Å². The third kappa shape index (κ3) is 1.07. The van der Waals surface area contributed by atoms with E-state index in [-0.39, 0.29) is 0 Å². The van der Waals surface area contributed by atoms with Gasteiger partial charge in [0.25, 0.3) is 0 Å². The molecular formula is C8H10O2. The van der Waals surface area contributed by atoms with Crippen LogP contribution in [0.5, 0.6) is 0 Å². The third-order valence-corrected chi connectivity index (χ3v) is 1.82. The molecule has 0 aliphatic carbocycles. The monoisotopic (exact) mass is 138 g/mol. The van der Waals surface area contributed by atoms with Crippen molar-refractivity contribution in [3.05, 3.63) is 23.7 Å². The van der Waals surface area contributed by atoms with Gasteiger partial charge in [0, 0.05) is 6.42 Å². The highest BCUT2D eigenvalue weighted by Crippen LogP contribution is 2.18. The minimum atomic E-state index is 0.469. The average molecular weight is 138 g/mol. The summed E-state index contributed by atoms with van der Waals surface area (Å²) in [4.78, 5) is 0. The first-order valence-electron chi connectivity index (χ1n) is 3.51. The molecular weight excluding hydrogens is 128 g/mol. The summed E-state index contributed by atoms with van der Waals surface area (Å²) in [6.45, 7) is 2.91. The van der Waals surface area contributed by atoms with Gasteiger partial charge in [-0.2, -0.15) is 0 Å². The number of aryl methyl sites for hydroxylation is 1. The van der Waals surface area contributed by atoms with Crippen LogP contribution in [0.3, 0.4) is 0 Å². The van der Waals surface area contributed by atoms with Gasteiger partial charge in [-0.15, -0.1) is 0 Å². The number of rotatable bonds is 2. The zero-order chi connectivity index (χ0) is 6.97. The van der Waals surface area contributed by atoms with E-state index in [0.29, 0.717) is 6.10 Å². The molecule has 2 rings (SSSR count). The van der Waals surface area contributed by atoms with E-state index in [2.05, 4.69) is 0 Å². The summed E-state index contributed by atoms with van der Waals surface area (Å²) in [6.07, 6.45) is 3.21. The van der Waals surface area contributed by atoms with Gasteiger partial charge in [0.2, 0.25) is 0 Å². The highest BCUT2D eigenvalue weighted by Gasteiger charge is 2.23. The molecule has 1 aromatic heterocycles. The Balaban J connectivity index is 2.08. The van der Waals surface area contributed by atoms with Gasteiger partial charge >= 0.3 is 0 Å². The normalized spacial score (nSPS) is 23.1. The molecule has 1 aliphatic rings. The van der Waals surface area contributed by atoms with Crippen molar-refractivity contribution in [1.82, 2.24) is 0 Å². The maximum absolute atomic E-state index is 5.14. The molecule has 0 N–H and O–H groups in total. The van der Waals surface area contributed by atoms with Gasteiger partial charge in [0.15, 0.2) is 0 Å². The maximum atomic E-state index is 5.14. The Morgan fingerprint density at radius 1 is 1.70 bits per heavy atom. The lowest BCUT2D eigenvalue weighted by molar-refractivity contribution is 0.406. The van der Waals surface area contributed by atoms with Crippen molar-refractivity contribution in [2.75, 3.05) is 6.61 Å². The minimum absolute atomic E-state index is 0.469. The van der Waals surface area contributed by atoms with Gasteiger partial charge < -0.3 is 9.15 Å². The van der Waals surface area contributed by atoms with Crippen molar-refractivity contribution in [2.24, 2.45) is 0 Å². The molecule has 10 heavy (non-hydrogen) atoms. The van der Waals surface area contributed by atoms with Gasteiger partial charge in [0.05, 0.1) is 19.0 Å². The first-order chi connectivity index (χ1) is 4.86. The van der Waals surface area contributed by atoms with Crippen molar-refractivity contribution >= 4 is 0 Å². The van der Waals surface area contributed by atoms with E-state index in [1.54, 1.807) is 6.26 Å². The van der Waals surface area contributed by atoms with E-state index < -0.39 is 0 Å². The minimum Gasteiger partial charge on any atom is -0.469 e. The highest BCUT2D eigenvalue weighted by molar-refractivity contribution is 5.17. The van der Waals surface area contributed by atoms with Gasteiger partial charge in [-0.3, -0.25) is 0 Å². The maximum Gasteiger partial charge on any atom is 0.103 e. The third-order valence-electron chi connectivity index (χ3n) is 1.82. The van der Waals surface area contributed by atoms with Gasteiger partial charge in [0.1, 0.15) is 5.76 Å². The molecule has 1 atom stereocenters. The van der Waals surface area contributed by atoms with Crippen LogP contribution in [0.1, 0.15) is 11.3 Å².